The molecule has 0 unspecified atom stereocenters. The van der Waals surface area contributed by atoms with Gasteiger partial charge in [-0.2, -0.15) is 4.98 Å². The number of anilines is 1. The smallest absolute Gasteiger partial charge is 0.218 e. The summed E-state index contributed by atoms with van der Waals surface area (Å²) in [5.74, 6) is 2.08. The van der Waals surface area contributed by atoms with Gasteiger partial charge in [-0.25, -0.2) is 4.98 Å². The number of aryl methyl sites for hydroxylation is 1. The SMILES string of the molecule is C=C(C)CNc1cc(OCC)nc(C)n1. The molecule has 1 N–H and O–H groups in total. The topological polar surface area (TPSA) is 47.0 Å². The summed E-state index contributed by atoms with van der Waals surface area (Å²) in [5.41, 5.74) is 1.06. The molecule has 0 saturated heterocycles. The van der Waals surface area contributed by atoms with Crippen LogP contribution in [0.15, 0.2) is 18.2 Å². The summed E-state index contributed by atoms with van der Waals surface area (Å²) >= 11 is 0. The van der Waals surface area contributed by atoms with Gasteiger partial charge < -0.3 is 10.1 Å². The zero-order chi connectivity index (χ0) is 11.3. The molecule has 0 amide bonds. The molecule has 0 bridgehead atoms. The molecule has 0 fully saturated rings. The molecule has 0 aliphatic rings. The van der Waals surface area contributed by atoms with Crippen LogP contribution in [0.5, 0.6) is 5.88 Å². The van der Waals surface area contributed by atoms with E-state index in [9.17, 15) is 0 Å². The van der Waals surface area contributed by atoms with Crippen molar-refractivity contribution in [2.45, 2.75) is 20.8 Å². The predicted molar refractivity (Wildman–Crippen MR) is 61.2 cm³/mol. The Morgan fingerprint density at radius 2 is 2.27 bits per heavy atom. The molecule has 1 rings (SSSR count). The molecule has 15 heavy (non-hydrogen) atoms. The van der Waals surface area contributed by atoms with E-state index in [0.717, 1.165) is 11.4 Å². The van der Waals surface area contributed by atoms with E-state index in [0.29, 0.717) is 24.9 Å². The van der Waals surface area contributed by atoms with Crippen molar-refractivity contribution in [3.8, 4) is 5.88 Å². The van der Waals surface area contributed by atoms with Crippen molar-refractivity contribution in [2.24, 2.45) is 0 Å². The molecule has 0 radical (unpaired) electrons. The van der Waals surface area contributed by atoms with Gasteiger partial charge in [0.1, 0.15) is 11.6 Å². The van der Waals surface area contributed by atoms with Gasteiger partial charge in [0.25, 0.3) is 0 Å². The number of hydrogen-bond acceptors (Lipinski definition) is 4. The van der Waals surface area contributed by atoms with Gasteiger partial charge in [-0.15, -0.1) is 0 Å². The second-order valence-electron chi connectivity index (χ2n) is 3.38. The van der Waals surface area contributed by atoms with Crippen molar-refractivity contribution in [3.05, 3.63) is 24.0 Å². The summed E-state index contributed by atoms with van der Waals surface area (Å²) in [6.07, 6.45) is 0. The first-order chi connectivity index (χ1) is 7.11. The van der Waals surface area contributed by atoms with Crippen LogP contribution in [0.25, 0.3) is 0 Å². The number of ether oxygens (including phenoxy) is 1. The van der Waals surface area contributed by atoms with Crippen LogP contribution in [0.3, 0.4) is 0 Å². The fourth-order valence-electron chi connectivity index (χ4n) is 1.09. The van der Waals surface area contributed by atoms with Gasteiger partial charge >= 0.3 is 0 Å². The highest BCUT2D eigenvalue weighted by molar-refractivity contribution is 5.39. The second-order valence-corrected chi connectivity index (χ2v) is 3.38. The fraction of sp³-hybridized carbons (Fsp3) is 0.455. The molecule has 0 saturated carbocycles. The molecule has 0 spiro atoms. The molecular formula is C11H17N3O. The Morgan fingerprint density at radius 1 is 1.53 bits per heavy atom. The quantitative estimate of drug-likeness (QED) is 0.752. The normalized spacial score (nSPS) is 9.80. The number of nitrogens with zero attached hydrogens (tertiary/aromatic N) is 2. The summed E-state index contributed by atoms with van der Waals surface area (Å²) in [7, 11) is 0. The zero-order valence-corrected chi connectivity index (χ0v) is 9.50. The maximum atomic E-state index is 5.32. The maximum absolute atomic E-state index is 5.32. The molecule has 0 atom stereocenters. The van der Waals surface area contributed by atoms with E-state index in [4.69, 9.17) is 4.74 Å². The number of rotatable bonds is 5. The fourth-order valence-corrected chi connectivity index (χ4v) is 1.09. The molecule has 82 valence electrons. The van der Waals surface area contributed by atoms with Gasteiger partial charge in [0, 0.05) is 12.6 Å². The van der Waals surface area contributed by atoms with Crippen LogP contribution < -0.4 is 10.1 Å². The Bertz CT molecular complexity index is 350. The third-order valence-corrected chi connectivity index (χ3v) is 1.68. The van der Waals surface area contributed by atoms with Crippen molar-refractivity contribution < 1.29 is 4.74 Å². The Morgan fingerprint density at radius 3 is 2.87 bits per heavy atom. The highest BCUT2D eigenvalue weighted by Gasteiger charge is 2.01. The van der Waals surface area contributed by atoms with Crippen molar-refractivity contribution in [1.29, 1.82) is 0 Å². The van der Waals surface area contributed by atoms with Crippen LogP contribution in [-0.4, -0.2) is 23.1 Å². The van der Waals surface area contributed by atoms with Gasteiger partial charge in [0.05, 0.1) is 6.61 Å². The molecule has 4 nitrogen and oxygen atoms in total. The van der Waals surface area contributed by atoms with E-state index < -0.39 is 0 Å². The van der Waals surface area contributed by atoms with E-state index in [-0.39, 0.29) is 0 Å². The molecule has 0 aliphatic carbocycles. The lowest BCUT2D eigenvalue weighted by molar-refractivity contribution is 0.325. The third kappa shape index (κ3) is 3.97. The summed E-state index contributed by atoms with van der Waals surface area (Å²) < 4.78 is 5.32. The van der Waals surface area contributed by atoms with E-state index in [2.05, 4.69) is 21.9 Å². The monoisotopic (exact) mass is 207 g/mol. The second kappa shape index (κ2) is 5.34. The first kappa shape index (κ1) is 11.5. The molecule has 0 aliphatic heterocycles. The van der Waals surface area contributed by atoms with Gasteiger partial charge in [-0.1, -0.05) is 12.2 Å². The van der Waals surface area contributed by atoms with E-state index in [1.807, 2.05) is 20.8 Å². The summed E-state index contributed by atoms with van der Waals surface area (Å²) in [4.78, 5) is 8.40. The molecule has 4 heteroatoms. The zero-order valence-electron chi connectivity index (χ0n) is 9.50. The van der Waals surface area contributed by atoms with Crippen LogP contribution in [0, 0.1) is 6.92 Å². The highest BCUT2D eigenvalue weighted by atomic mass is 16.5. The Kier molecular flexibility index (Phi) is 4.09. The van der Waals surface area contributed by atoms with Crippen LogP contribution in [0.2, 0.25) is 0 Å². The predicted octanol–water partition coefficient (Wildman–Crippen LogP) is 2.17. The Labute approximate surface area is 90.4 Å². The van der Waals surface area contributed by atoms with E-state index in [1.165, 1.54) is 0 Å². The first-order valence-corrected chi connectivity index (χ1v) is 4.98. The van der Waals surface area contributed by atoms with Gasteiger partial charge in [-0.05, 0) is 20.8 Å². The molecule has 1 aromatic heterocycles. The summed E-state index contributed by atoms with van der Waals surface area (Å²) in [5, 5.41) is 3.15. The average molecular weight is 207 g/mol. The number of nitrogens with one attached hydrogen (secondary N) is 1. The number of hydrogen-bond donors (Lipinski definition) is 1. The van der Waals surface area contributed by atoms with Crippen LogP contribution in [0.1, 0.15) is 19.7 Å². The third-order valence-electron chi connectivity index (χ3n) is 1.68. The largest absolute Gasteiger partial charge is 0.478 e. The van der Waals surface area contributed by atoms with Crippen molar-refractivity contribution in [2.75, 3.05) is 18.5 Å². The minimum Gasteiger partial charge on any atom is -0.478 e. The summed E-state index contributed by atoms with van der Waals surface area (Å²) in [6, 6.07) is 1.79. The van der Waals surface area contributed by atoms with Gasteiger partial charge in [0.2, 0.25) is 5.88 Å². The summed E-state index contributed by atoms with van der Waals surface area (Å²) in [6.45, 7) is 10.9. The average Bonchev–Trinajstić information content (AvgIpc) is 2.14. The minimum atomic E-state index is 0.606. The lowest BCUT2D eigenvalue weighted by atomic mass is 10.3. The van der Waals surface area contributed by atoms with Gasteiger partial charge in [-0.3, -0.25) is 0 Å². The lowest BCUT2D eigenvalue weighted by Gasteiger charge is -2.08. The van der Waals surface area contributed by atoms with Crippen molar-refractivity contribution >= 4 is 5.82 Å². The molecule has 1 aromatic rings. The van der Waals surface area contributed by atoms with Crippen LogP contribution >= 0.6 is 0 Å². The van der Waals surface area contributed by atoms with Crippen molar-refractivity contribution in [3.63, 3.8) is 0 Å². The van der Waals surface area contributed by atoms with Crippen LogP contribution in [0.4, 0.5) is 5.82 Å². The number of aromatic nitrogens is 2. The minimum absolute atomic E-state index is 0.606. The van der Waals surface area contributed by atoms with Gasteiger partial charge in [0.15, 0.2) is 0 Å². The molecule has 1 heterocycles. The Hall–Kier alpha value is -1.58. The van der Waals surface area contributed by atoms with E-state index in [1.54, 1.807) is 6.07 Å². The standard InChI is InChI=1S/C11H17N3O/c1-5-15-11-6-10(12-7-8(2)3)13-9(4)14-11/h6H,2,5,7H2,1,3-4H3,(H,12,13,14). The Balaban J connectivity index is 2.74. The highest BCUT2D eigenvalue weighted by Crippen LogP contribution is 2.13. The lowest BCUT2D eigenvalue weighted by Crippen LogP contribution is -2.06. The molecular weight excluding hydrogens is 190 g/mol. The maximum Gasteiger partial charge on any atom is 0.218 e. The van der Waals surface area contributed by atoms with E-state index >= 15 is 0 Å². The first-order valence-electron chi connectivity index (χ1n) is 4.98. The van der Waals surface area contributed by atoms with Crippen LogP contribution in [-0.2, 0) is 0 Å². The molecule has 0 aromatic carbocycles. The van der Waals surface area contributed by atoms with Crippen molar-refractivity contribution in [1.82, 2.24) is 9.97 Å².